The van der Waals surface area contributed by atoms with Crippen molar-refractivity contribution < 1.29 is 23.9 Å². The van der Waals surface area contributed by atoms with E-state index in [4.69, 9.17) is 9.47 Å². The largest absolute Gasteiger partial charge is 0.493 e. The topological polar surface area (TPSA) is 97.0 Å². The van der Waals surface area contributed by atoms with Gasteiger partial charge in [0, 0.05) is 29.7 Å². The normalized spacial score (nSPS) is 20.1. The Morgan fingerprint density at radius 3 is 2.69 bits per heavy atom. The van der Waals surface area contributed by atoms with Gasteiger partial charge < -0.3 is 25.0 Å². The number of thioether (sulfide) groups is 1. The van der Waals surface area contributed by atoms with Crippen molar-refractivity contribution in [2.24, 2.45) is 5.92 Å². The van der Waals surface area contributed by atoms with Gasteiger partial charge in [0.2, 0.25) is 17.7 Å². The third-order valence-electron chi connectivity index (χ3n) is 5.61. The van der Waals surface area contributed by atoms with E-state index in [2.05, 4.69) is 10.6 Å². The molecule has 4 rings (SSSR count). The fourth-order valence-corrected chi connectivity index (χ4v) is 5.00. The Morgan fingerprint density at radius 1 is 1.12 bits per heavy atom. The second-order valence-corrected chi connectivity index (χ2v) is 8.81. The summed E-state index contributed by atoms with van der Waals surface area (Å²) in [6.07, 6.45) is 1.38. The van der Waals surface area contributed by atoms with E-state index in [1.807, 2.05) is 24.3 Å². The zero-order chi connectivity index (χ0) is 22.7. The number of likely N-dealkylation sites (tertiary alicyclic amines) is 1. The Hall–Kier alpha value is -3.20. The molecule has 168 valence electrons. The zero-order valence-electron chi connectivity index (χ0n) is 17.9. The average molecular weight is 456 g/mol. The number of rotatable bonds is 5. The maximum Gasteiger partial charge on any atom is 0.247 e. The fourth-order valence-electron chi connectivity index (χ4n) is 3.93. The molecule has 2 N–H and O–H groups in total. The first-order chi connectivity index (χ1) is 15.5. The molecule has 0 radical (unpaired) electrons. The molecule has 1 fully saturated rings. The number of methoxy groups -OCH3 is 2. The molecule has 2 atom stereocenters. The first-order valence-electron chi connectivity index (χ1n) is 10.4. The van der Waals surface area contributed by atoms with Gasteiger partial charge in [-0.1, -0.05) is 12.1 Å². The molecule has 0 spiro atoms. The van der Waals surface area contributed by atoms with Crippen LogP contribution in [-0.4, -0.2) is 55.2 Å². The first-order valence-corrected chi connectivity index (χ1v) is 11.3. The van der Waals surface area contributed by atoms with E-state index in [1.165, 1.54) is 18.9 Å². The molecule has 0 aromatic heterocycles. The van der Waals surface area contributed by atoms with Crippen LogP contribution < -0.4 is 20.1 Å². The molecule has 0 unspecified atom stereocenters. The lowest BCUT2D eigenvalue weighted by Crippen LogP contribution is -2.50. The van der Waals surface area contributed by atoms with Crippen LogP contribution >= 0.6 is 11.8 Å². The van der Waals surface area contributed by atoms with Crippen LogP contribution in [0.3, 0.4) is 0 Å². The third kappa shape index (κ3) is 4.52. The van der Waals surface area contributed by atoms with Crippen LogP contribution in [0, 0.1) is 5.92 Å². The van der Waals surface area contributed by atoms with Crippen LogP contribution in [0.15, 0.2) is 47.4 Å². The van der Waals surface area contributed by atoms with Gasteiger partial charge in [0.25, 0.3) is 0 Å². The summed E-state index contributed by atoms with van der Waals surface area (Å²) >= 11 is 1.26. The molecule has 8 nitrogen and oxygen atoms in total. The maximum atomic E-state index is 13.1. The van der Waals surface area contributed by atoms with Crippen LogP contribution in [0.1, 0.15) is 12.8 Å². The second-order valence-electron chi connectivity index (χ2n) is 7.67. The molecular weight excluding hydrogens is 430 g/mol. The number of hydrogen-bond donors (Lipinski definition) is 2. The summed E-state index contributed by atoms with van der Waals surface area (Å²) in [7, 11) is 3.08. The molecule has 2 aromatic rings. The predicted octanol–water partition coefficient (Wildman–Crippen LogP) is 2.99. The minimum absolute atomic E-state index is 0.166. The number of carbonyl (C=O) groups is 3. The van der Waals surface area contributed by atoms with Gasteiger partial charge in [0.1, 0.15) is 0 Å². The minimum Gasteiger partial charge on any atom is -0.493 e. The highest BCUT2D eigenvalue weighted by Crippen LogP contribution is 2.36. The summed E-state index contributed by atoms with van der Waals surface area (Å²) in [6, 6.07) is 12.6. The zero-order valence-corrected chi connectivity index (χ0v) is 18.7. The number of amides is 3. The molecule has 2 aromatic carbocycles. The molecule has 32 heavy (non-hydrogen) atoms. The number of nitrogens with zero attached hydrogens (tertiary/aromatic N) is 1. The molecule has 2 heterocycles. The van der Waals surface area contributed by atoms with Crippen LogP contribution in [0.4, 0.5) is 11.4 Å². The molecular formula is C23H25N3O5S. The van der Waals surface area contributed by atoms with Crippen LogP contribution in [0.5, 0.6) is 11.5 Å². The first kappa shape index (κ1) is 22.0. The number of piperidine rings is 1. The van der Waals surface area contributed by atoms with E-state index >= 15 is 0 Å². The van der Waals surface area contributed by atoms with Crippen molar-refractivity contribution in [1.82, 2.24) is 4.90 Å². The molecule has 0 bridgehead atoms. The van der Waals surface area contributed by atoms with Crippen molar-refractivity contribution in [3.05, 3.63) is 42.5 Å². The van der Waals surface area contributed by atoms with Crippen molar-refractivity contribution in [3.8, 4) is 11.5 Å². The lowest BCUT2D eigenvalue weighted by Gasteiger charge is -2.35. The van der Waals surface area contributed by atoms with E-state index in [0.717, 1.165) is 10.6 Å². The van der Waals surface area contributed by atoms with Gasteiger partial charge in [-0.25, -0.2) is 0 Å². The molecule has 9 heteroatoms. The number of hydrogen-bond acceptors (Lipinski definition) is 6. The van der Waals surface area contributed by atoms with Crippen molar-refractivity contribution in [2.45, 2.75) is 23.0 Å². The van der Waals surface area contributed by atoms with Crippen molar-refractivity contribution in [3.63, 3.8) is 0 Å². The van der Waals surface area contributed by atoms with Gasteiger partial charge in [0.05, 0.1) is 25.8 Å². The fraction of sp³-hybridized carbons (Fsp3) is 0.348. The van der Waals surface area contributed by atoms with E-state index in [0.29, 0.717) is 36.6 Å². The molecule has 3 amide bonds. The van der Waals surface area contributed by atoms with Crippen LogP contribution in [-0.2, 0) is 14.4 Å². The van der Waals surface area contributed by atoms with E-state index in [-0.39, 0.29) is 30.2 Å². The SMILES string of the molecule is COc1ccc(NC(=O)[C@@H]2CCCN(C(=O)[C@@H]3Sc4ccccc4NC3=O)C2)cc1OC. The number of para-hydroxylation sites is 1. The van der Waals surface area contributed by atoms with E-state index < -0.39 is 5.25 Å². The van der Waals surface area contributed by atoms with Crippen molar-refractivity contribution >= 4 is 40.9 Å². The van der Waals surface area contributed by atoms with E-state index in [1.54, 1.807) is 30.2 Å². The smallest absolute Gasteiger partial charge is 0.247 e. The van der Waals surface area contributed by atoms with Crippen LogP contribution in [0.25, 0.3) is 0 Å². The predicted molar refractivity (Wildman–Crippen MR) is 122 cm³/mol. The Kier molecular flexibility index (Phi) is 6.55. The number of benzene rings is 2. The molecule has 1 saturated heterocycles. The Balaban J connectivity index is 1.41. The molecule has 2 aliphatic rings. The summed E-state index contributed by atoms with van der Waals surface area (Å²) in [6.45, 7) is 0.814. The number of carbonyl (C=O) groups excluding carboxylic acids is 3. The maximum absolute atomic E-state index is 13.1. The van der Waals surface area contributed by atoms with E-state index in [9.17, 15) is 14.4 Å². The summed E-state index contributed by atoms with van der Waals surface area (Å²) < 4.78 is 10.5. The molecule has 2 aliphatic heterocycles. The van der Waals surface area contributed by atoms with Crippen LogP contribution in [0.2, 0.25) is 0 Å². The number of nitrogens with one attached hydrogen (secondary N) is 2. The molecule has 0 aliphatic carbocycles. The average Bonchev–Trinajstić information content (AvgIpc) is 2.83. The summed E-state index contributed by atoms with van der Waals surface area (Å²) in [5, 5.41) is 4.86. The Bertz CT molecular complexity index is 1040. The Morgan fingerprint density at radius 2 is 1.91 bits per heavy atom. The highest BCUT2D eigenvalue weighted by molar-refractivity contribution is 8.01. The number of fused-ring (bicyclic) bond motifs is 1. The minimum atomic E-state index is -0.849. The summed E-state index contributed by atoms with van der Waals surface area (Å²) in [5.41, 5.74) is 1.31. The van der Waals surface area contributed by atoms with Gasteiger partial charge in [0.15, 0.2) is 16.7 Å². The highest BCUT2D eigenvalue weighted by Gasteiger charge is 2.38. The second kappa shape index (κ2) is 9.52. The lowest BCUT2D eigenvalue weighted by molar-refractivity contribution is -0.136. The number of ether oxygens (including phenoxy) is 2. The standard InChI is InChI=1S/C23H25N3O5S/c1-30-17-10-9-15(12-18(17)31-2)24-21(27)14-6-5-11-26(13-14)23(29)20-22(28)25-16-7-3-4-8-19(16)32-20/h3-4,7-10,12,14,20H,5-6,11,13H2,1-2H3,(H,24,27)(H,25,28)/t14-,20-/m1/s1. The van der Waals surface area contributed by atoms with Gasteiger partial charge in [-0.05, 0) is 37.1 Å². The van der Waals surface area contributed by atoms with Gasteiger partial charge in [-0.15, -0.1) is 11.8 Å². The van der Waals surface area contributed by atoms with Gasteiger partial charge >= 0.3 is 0 Å². The summed E-state index contributed by atoms with van der Waals surface area (Å²) in [4.78, 5) is 41.1. The Labute approximate surface area is 190 Å². The summed E-state index contributed by atoms with van der Waals surface area (Å²) in [5.74, 6) is -0.0112. The van der Waals surface area contributed by atoms with Crippen molar-refractivity contribution in [2.75, 3.05) is 37.9 Å². The quantitative estimate of drug-likeness (QED) is 0.673. The monoisotopic (exact) mass is 455 g/mol. The lowest BCUT2D eigenvalue weighted by atomic mass is 9.96. The number of anilines is 2. The van der Waals surface area contributed by atoms with Gasteiger partial charge in [-0.2, -0.15) is 0 Å². The highest BCUT2D eigenvalue weighted by atomic mass is 32.2. The third-order valence-corrected chi connectivity index (χ3v) is 6.87. The molecule has 0 saturated carbocycles. The van der Waals surface area contributed by atoms with Crippen molar-refractivity contribution in [1.29, 1.82) is 0 Å². The van der Waals surface area contributed by atoms with Gasteiger partial charge in [-0.3, -0.25) is 14.4 Å².